The second-order valence-electron chi connectivity index (χ2n) is 3.78. The van der Waals surface area contributed by atoms with Crippen molar-refractivity contribution in [2.45, 2.75) is 37.9 Å². The molecule has 0 bridgehead atoms. The maximum absolute atomic E-state index is 12.2. The maximum atomic E-state index is 12.2. The Morgan fingerprint density at radius 1 is 1.47 bits per heavy atom. The topological polar surface area (TPSA) is 17.8 Å². The van der Waals surface area contributed by atoms with Crippen molar-refractivity contribution in [2.75, 3.05) is 0 Å². The van der Waals surface area contributed by atoms with Crippen molar-refractivity contribution in [2.24, 2.45) is 0 Å². The molecule has 0 aromatic carbocycles. The van der Waals surface area contributed by atoms with Crippen molar-refractivity contribution >= 4 is 11.6 Å². The third kappa shape index (κ3) is 2.27. The monoisotopic (exact) mass is 238 g/mol. The lowest BCUT2D eigenvalue weighted by atomic mass is 9.83. The van der Waals surface area contributed by atoms with Gasteiger partial charge in [-0.05, 0) is 12.8 Å². The average Bonchev–Trinajstić information content (AvgIpc) is 2.29. The first kappa shape index (κ1) is 10.8. The molecule has 84 valence electrons. The summed E-state index contributed by atoms with van der Waals surface area (Å²) in [7, 11) is 0. The number of rotatable bonds is 2. The fourth-order valence-electron chi connectivity index (χ4n) is 1.76. The Kier molecular flexibility index (Phi) is 2.66. The van der Waals surface area contributed by atoms with Crippen LogP contribution in [0.5, 0.6) is 0 Å². The van der Waals surface area contributed by atoms with Gasteiger partial charge in [-0.2, -0.15) is 18.3 Å². The Morgan fingerprint density at radius 2 is 2.13 bits per heavy atom. The molecule has 2 rings (SSSR count). The molecule has 0 radical (unpaired) electrons. The molecule has 1 heterocycles. The standard InChI is InChI=1S/C9H10ClF3N2/c10-7-4-14-15(5-9(11,12)13)8(7)6-2-1-3-6/h4,6H,1-3,5H2. The molecule has 1 saturated carbocycles. The third-order valence-corrected chi connectivity index (χ3v) is 2.95. The second-order valence-corrected chi connectivity index (χ2v) is 4.19. The van der Waals surface area contributed by atoms with E-state index >= 15 is 0 Å². The highest BCUT2D eigenvalue weighted by Gasteiger charge is 2.33. The van der Waals surface area contributed by atoms with E-state index in [0.29, 0.717) is 10.7 Å². The van der Waals surface area contributed by atoms with Crippen molar-refractivity contribution in [1.29, 1.82) is 0 Å². The van der Waals surface area contributed by atoms with E-state index in [-0.39, 0.29) is 5.92 Å². The van der Waals surface area contributed by atoms with E-state index in [2.05, 4.69) is 5.10 Å². The number of hydrogen-bond acceptors (Lipinski definition) is 1. The molecule has 0 unspecified atom stereocenters. The molecule has 0 aliphatic heterocycles. The van der Waals surface area contributed by atoms with Gasteiger partial charge in [-0.1, -0.05) is 18.0 Å². The summed E-state index contributed by atoms with van der Waals surface area (Å²) in [5, 5.41) is 4.02. The van der Waals surface area contributed by atoms with Crippen LogP contribution in [0.25, 0.3) is 0 Å². The zero-order valence-electron chi connectivity index (χ0n) is 7.89. The summed E-state index contributed by atoms with van der Waals surface area (Å²) < 4.78 is 37.6. The highest BCUT2D eigenvalue weighted by atomic mass is 35.5. The summed E-state index contributed by atoms with van der Waals surface area (Å²) in [5.74, 6) is 0.155. The van der Waals surface area contributed by atoms with Crippen molar-refractivity contribution in [3.05, 3.63) is 16.9 Å². The van der Waals surface area contributed by atoms with Gasteiger partial charge in [0.05, 0.1) is 16.9 Å². The number of halogens is 4. The first-order valence-corrected chi connectivity index (χ1v) is 5.13. The fourth-order valence-corrected chi connectivity index (χ4v) is 2.05. The smallest absolute Gasteiger partial charge is 0.259 e. The predicted octanol–water partition coefficient (Wildman–Crippen LogP) is 3.37. The van der Waals surface area contributed by atoms with Crippen LogP contribution in [0.4, 0.5) is 13.2 Å². The molecule has 1 fully saturated rings. The van der Waals surface area contributed by atoms with Gasteiger partial charge in [0.2, 0.25) is 0 Å². The molecule has 1 aliphatic rings. The molecular weight excluding hydrogens is 229 g/mol. The van der Waals surface area contributed by atoms with Crippen molar-refractivity contribution in [1.82, 2.24) is 9.78 Å². The highest BCUT2D eigenvalue weighted by molar-refractivity contribution is 6.31. The molecule has 0 atom stereocenters. The van der Waals surface area contributed by atoms with Crippen LogP contribution in [-0.2, 0) is 6.54 Å². The number of hydrogen-bond donors (Lipinski definition) is 0. The van der Waals surface area contributed by atoms with E-state index in [1.54, 1.807) is 0 Å². The van der Waals surface area contributed by atoms with Crippen molar-refractivity contribution < 1.29 is 13.2 Å². The zero-order valence-corrected chi connectivity index (χ0v) is 8.65. The molecule has 1 aromatic heterocycles. The van der Waals surface area contributed by atoms with Crippen LogP contribution in [0.15, 0.2) is 6.20 Å². The van der Waals surface area contributed by atoms with Crippen LogP contribution in [0.3, 0.4) is 0 Å². The Morgan fingerprint density at radius 3 is 2.60 bits per heavy atom. The third-order valence-electron chi connectivity index (χ3n) is 2.65. The van der Waals surface area contributed by atoms with E-state index < -0.39 is 12.7 Å². The fraction of sp³-hybridized carbons (Fsp3) is 0.667. The van der Waals surface area contributed by atoms with Gasteiger partial charge in [0, 0.05) is 5.92 Å². The second kappa shape index (κ2) is 3.70. The summed E-state index contributed by atoms with van der Waals surface area (Å²) in [6.07, 6.45) is -0.0838. The lowest BCUT2D eigenvalue weighted by Gasteiger charge is -2.26. The molecule has 1 aromatic rings. The summed E-state index contributed by atoms with van der Waals surface area (Å²) in [6.45, 7) is -1.05. The van der Waals surface area contributed by atoms with Gasteiger partial charge in [-0.15, -0.1) is 0 Å². The minimum atomic E-state index is -4.24. The van der Waals surface area contributed by atoms with Gasteiger partial charge >= 0.3 is 6.18 Å². The number of aromatic nitrogens is 2. The lowest BCUT2D eigenvalue weighted by molar-refractivity contribution is -0.143. The molecule has 2 nitrogen and oxygen atoms in total. The zero-order chi connectivity index (χ0) is 11.1. The van der Waals surface area contributed by atoms with Crippen LogP contribution in [0.2, 0.25) is 5.02 Å². The van der Waals surface area contributed by atoms with Crippen LogP contribution in [0, 0.1) is 0 Å². The first-order valence-electron chi connectivity index (χ1n) is 4.75. The normalized spacial score (nSPS) is 17.9. The predicted molar refractivity (Wildman–Crippen MR) is 49.9 cm³/mol. The van der Waals surface area contributed by atoms with Gasteiger partial charge in [-0.3, -0.25) is 4.68 Å². The van der Waals surface area contributed by atoms with Gasteiger partial charge in [0.1, 0.15) is 6.54 Å². The summed E-state index contributed by atoms with van der Waals surface area (Å²) in [4.78, 5) is 0. The van der Waals surface area contributed by atoms with Crippen LogP contribution >= 0.6 is 11.6 Å². The highest BCUT2D eigenvalue weighted by Crippen LogP contribution is 2.40. The Labute approximate surface area is 90.0 Å². The van der Waals surface area contributed by atoms with Crippen LogP contribution < -0.4 is 0 Å². The van der Waals surface area contributed by atoms with Crippen molar-refractivity contribution in [3.63, 3.8) is 0 Å². The molecule has 1 aliphatic carbocycles. The minimum Gasteiger partial charge on any atom is -0.259 e. The quantitative estimate of drug-likeness (QED) is 0.773. The Hall–Kier alpha value is -0.710. The SMILES string of the molecule is FC(F)(F)Cn1ncc(Cl)c1C1CCC1. The van der Waals surface area contributed by atoms with E-state index in [1.165, 1.54) is 6.20 Å². The largest absolute Gasteiger partial charge is 0.408 e. The van der Waals surface area contributed by atoms with Gasteiger partial charge in [-0.25, -0.2) is 0 Å². The molecular formula is C9H10ClF3N2. The lowest BCUT2D eigenvalue weighted by Crippen LogP contribution is -2.23. The van der Waals surface area contributed by atoms with Gasteiger partial charge in [0.25, 0.3) is 0 Å². The van der Waals surface area contributed by atoms with E-state index in [4.69, 9.17) is 11.6 Å². The molecule has 0 amide bonds. The Bertz CT molecular complexity index is 355. The minimum absolute atomic E-state index is 0.155. The molecule has 15 heavy (non-hydrogen) atoms. The average molecular weight is 239 g/mol. The van der Waals surface area contributed by atoms with Crippen LogP contribution in [0.1, 0.15) is 30.9 Å². The van der Waals surface area contributed by atoms with E-state index in [0.717, 1.165) is 23.9 Å². The van der Waals surface area contributed by atoms with Crippen molar-refractivity contribution in [3.8, 4) is 0 Å². The van der Waals surface area contributed by atoms with E-state index in [9.17, 15) is 13.2 Å². The van der Waals surface area contributed by atoms with Gasteiger partial charge in [0.15, 0.2) is 0 Å². The number of nitrogens with zero attached hydrogens (tertiary/aromatic N) is 2. The molecule has 0 N–H and O–H groups in total. The van der Waals surface area contributed by atoms with Gasteiger partial charge < -0.3 is 0 Å². The summed E-state index contributed by atoms with van der Waals surface area (Å²) in [6, 6.07) is 0. The summed E-state index contributed by atoms with van der Waals surface area (Å²) in [5.41, 5.74) is 0.542. The van der Waals surface area contributed by atoms with E-state index in [1.807, 2.05) is 0 Å². The first-order chi connectivity index (χ1) is 6.97. The maximum Gasteiger partial charge on any atom is 0.408 e. The Balaban J connectivity index is 2.23. The molecule has 0 saturated heterocycles. The number of alkyl halides is 3. The molecule has 0 spiro atoms. The summed E-state index contributed by atoms with van der Waals surface area (Å²) >= 11 is 5.83. The van der Waals surface area contributed by atoms with Crippen LogP contribution in [-0.4, -0.2) is 16.0 Å². The molecule has 6 heteroatoms.